The van der Waals surface area contributed by atoms with Crippen molar-refractivity contribution in [2.24, 2.45) is 0 Å². The lowest BCUT2D eigenvalue weighted by molar-refractivity contribution is 0.240. The van der Waals surface area contributed by atoms with E-state index in [1.807, 2.05) is 60.7 Å². The van der Waals surface area contributed by atoms with Gasteiger partial charge in [0.05, 0.1) is 0 Å². The molecule has 6 nitrogen and oxygen atoms in total. The topological polar surface area (TPSA) is 71.8 Å². The van der Waals surface area contributed by atoms with Crippen LogP contribution in [0.25, 0.3) is 22.6 Å². The van der Waals surface area contributed by atoms with Crippen LogP contribution in [0.2, 0.25) is 0 Å². The van der Waals surface area contributed by atoms with E-state index in [1.54, 1.807) is 6.20 Å². The number of amides is 2. The molecule has 146 valence electrons. The lowest BCUT2D eigenvalue weighted by Crippen LogP contribution is -2.38. The molecule has 0 aliphatic heterocycles. The zero-order chi connectivity index (χ0) is 19.9. The maximum atomic E-state index is 12.1. The fourth-order valence-corrected chi connectivity index (χ4v) is 3.29. The van der Waals surface area contributed by atoms with E-state index in [0.29, 0.717) is 19.6 Å². The highest BCUT2D eigenvalue weighted by molar-refractivity contribution is 5.77. The van der Waals surface area contributed by atoms with Gasteiger partial charge in [-0.3, -0.25) is 0 Å². The van der Waals surface area contributed by atoms with E-state index in [0.717, 1.165) is 29.0 Å². The highest BCUT2D eigenvalue weighted by Gasteiger charge is 2.13. The van der Waals surface area contributed by atoms with Gasteiger partial charge in [0.15, 0.2) is 5.65 Å². The molecule has 0 radical (unpaired) electrons. The van der Waals surface area contributed by atoms with Crippen molar-refractivity contribution < 1.29 is 4.79 Å². The SMILES string of the molecule is O=C(NCCc1ccccc1)NCCn1c(-c2ccccc2)nc2cccnc21. The van der Waals surface area contributed by atoms with Crippen molar-refractivity contribution >= 4 is 17.2 Å². The third kappa shape index (κ3) is 4.60. The molecule has 0 fully saturated rings. The molecule has 0 bridgehead atoms. The molecule has 4 aromatic rings. The first kappa shape index (κ1) is 18.7. The number of carbonyl (C=O) groups excluding carboxylic acids is 1. The monoisotopic (exact) mass is 385 g/mol. The minimum absolute atomic E-state index is 0.167. The minimum Gasteiger partial charge on any atom is -0.338 e. The number of rotatable bonds is 7. The Morgan fingerprint density at radius 2 is 1.59 bits per heavy atom. The van der Waals surface area contributed by atoms with Crippen molar-refractivity contribution in [1.82, 2.24) is 25.2 Å². The van der Waals surface area contributed by atoms with Gasteiger partial charge in [0, 0.05) is 31.4 Å². The fraction of sp³-hybridized carbons (Fsp3) is 0.174. The number of carbonyl (C=O) groups is 1. The molecule has 0 atom stereocenters. The van der Waals surface area contributed by atoms with Gasteiger partial charge in [-0.1, -0.05) is 60.7 Å². The van der Waals surface area contributed by atoms with Gasteiger partial charge >= 0.3 is 6.03 Å². The number of hydrogen-bond donors (Lipinski definition) is 2. The van der Waals surface area contributed by atoms with Crippen molar-refractivity contribution in [2.75, 3.05) is 13.1 Å². The molecular weight excluding hydrogens is 362 g/mol. The van der Waals surface area contributed by atoms with E-state index in [2.05, 4.69) is 32.3 Å². The molecule has 0 aliphatic rings. The number of nitrogens with one attached hydrogen (secondary N) is 2. The Balaban J connectivity index is 1.37. The van der Waals surface area contributed by atoms with Crippen LogP contribution in [0.3, 0.4) is 0 Å². The van der Waals surface area contributed by atoms with Gasteiger partial charge < -0.3 is 15.2 Å². The van der Waals surface area contributed by atoms with Gasteiger partial charge in [-0.05, 0) is 24.1 Å². The second-order valence-corrected chi connectivity index (χ2v) is 6.72. The van der Waals surface area contributed by atoms with Crippen molar-refractivity contribution in [3.8, 4) is 11.4 Å². The quantitative estimate of drug-likeness (QED) is 0.510. The highest BCUT2D eigenvalue weighted by Crippen LogP contribution is 2.23. The van der Waals surface area contributed by atoms with Gasteiger partial charge in [0.1, 0.15) is 11.3 Å². The number of benzene rings is 2. The average Bonchev–Trinajstić information content (AvgIpc) is 3.14. The molecule has 2 aromatic carbocycles. The normalized spacial score (nSPS) is 10.8. The van der Waals surface area contributed by atoms with Gasteiger partial charge in [0.25, 0.3) is 0 Å². The molecule has 0 saturated carbocycles. The van der Waals surface area contributed by atoms with Gasteiger partial charge in [-0.15, -0.1) is 0 Å². The lowest BCUT2D eigenvalue weighted by Gasteiger charge is -2.11. The third-order valence-corrected chi connectivity index (χ3v) is 4.70. The standard InChI is InChI=1S/C23H23N5O/c29-23(25-15-13-18-8-3-1-4-9-18)26-16-17-28-21(19-10-5-2-6-11-19)27-20-12-7-14-24-22(20)28/h1-12,14H,13,15-17H2,(H2,25,26,29). The van der Waals surface area contributed by atoms with Crippen LogP contribution in [-0.4, -0.2) is 33.7 Å². The second-order valence-electron chi connectivity index (χ2n) is 6.72. The molecule has 2 N–H and O–H groups in total. The number of imidazole rings is 1. The maximum Gasteiger partial charge on any atom is 0.314 e. The number of urea groups is 1. The van der Waals surface area contributed by atoms with E-state index in [-0.39, 0.29) is 6.03 Å². The van der Waals surface area contributed by atoms with Crippen molar-refractivity contribution in [2.45, 2.75) is 13.0 Å². The fourth-order valence-electron chi connectivity index (χ4n) is 3.29. The Labute approximate surface area is 169 Å². The summed E-state index contributed by atoms with van der Waals surface area (Å²) in [7, 11) is 0. The first-order valence-corrected chi connectivity index (χ1v) is 9.73. The third-order valence-electron chi connectivity index (χ3n) is 4.70. The highest BCUT2D eigenvalue weighted by atomic mass is 16.2. The summed E-state index contributed by atoms with van der Waals surface area (Å²) in [6, 6.07) is 23.8. The summed E-state index contributed by atoms with van der Waals surface area (Å²) in [4.78, 5) is 21.3. The van der Waals surface area contributed by atoms with Gasteiger partial charge in [-0.25, -0.2) is 14.8 Å². The van der Waals surface area contributed by atoms with E-state index in [9.17, 15) is 4.79 Å². The summed E-state index contributed by atoms with van der Waals surface area (Å²) in [5, 5.41) is 5.83. The van der Waals surface area contributed by atoms with Crippen LogP contribution in [0, 0.1) is 0 Å². The lowest BCUT2D eigenvalue weighted by atomic mass is 10.1. The van der Waals surface area contributed by atoms with E-state index >= 15 is 0 Å². The van der Waals surface area contributed by atoms with Crippen LogP contribution in [0.15, 0.2) is 79.0 Å². The summed E-state index contributed by atoms with van der Waals surface area (Å²) < 4.78 is 2.05. The summed E-state index contributed by atoms with van der Waals surface area (Å²) in [6.07, 6.45) is 2.57. The van der Waals surface area contributed by atoms with Crippen LogP contribution >= 0.6 is 0 Å². The van der Waals surface area contributed by atoms with Gasteiger partial charge in [-0.2, -0.15) is 0 Å². The zero-order valence-corrected chi connectivity index (χ0v) is 16.1. The Hall–Kier alpha value is -3.67. The Bertz CT molecular complexity index is 1080. The molecule has 29 heavy (non-hydrogen) atoms. The van der Waals surface area contributed by atoms with Crippen LogP contribution in [-0.2, 0) is 13.0 Å². The Morgan fingerprint density at radius 1 is 0.862 bits per heavy atom. The van der Waals surface area contributed by atoms with Crippen LogP contribution < -0.4 is 10.6 Å². The smallest absolute Gasteiger partial charge is 0.314 e. The molecule has 0 unspecified atom stereocenters. The molecule has 2 aromatic heterocycles. The van der Waals surface area contributed by atoms with Crippen molar-refractivity contribution in [3.05, 3.63) is 84.6 Å². The first-order chi connectivity index (χ1) is 14.3. The predicted octanol–water partition coefficient (Wildman–Crippen LogP) is 3.64. The number of aromatic nitrogens is 3. The van der Waals surface area contributed by atoms with Crippen LogP contribution in [0.5, 0.6) is 0 Å². The zero-order valence-electron chi connectivity index (χ0n) is 16.1. The Kier molecular flexibility index (Phi) is 5.81. The predicted molar refractivity (Wildman–Crippen MR) is 115 cm³/mol. The van der Waals surface area contributed by atoms with E-state index in [1.165, 1.54) is 5.56 Å². The molecule has 6 heteroatoms. The number of hydrogen-bond acceptors (Lipinski definition) is 3. The van der Waals surface area contributed by atoms with Crippen LogP contribution in [0.1, 0.15) is 5.56 Å². The molecule has 4 rings (SSSR count). The molecule has 2 amide bonds. The van der Waals surface area contributed by atoms with E-state index in [4.69, 9.17) is 4.98 Å². The molecule has 2 heterocycles. The molecule has 0 saturated heterocycles. The number of fused-ring (bicyclic) bond motifs is 1. The minimum atomic E-state index is -0.167. The second kappa shape index (κ2) is 9.01. The summed E-state index contributed by atoms with van der Waals surface area (Å²) in [5.41, 5.74) is 3.89. The Morgan fingerprint density at radius 3 is 2.38 bits per heavy atom. The van der Waals surface area contributed by atoms with Crippen LogP contribution in [0.4, 0.5) is 4.79 Å². The molecular formula is C23H23N5O. The average molecular weight is 385 g/mol. The molecule has 0 spiro atoms. The number of pyridine rings is 1. The van der Waals surface area contributed by atoms with Crippen molar-refractivity contribution in [1.29, 1.82) is 0 Å². The summed E-state index contributed by atoms with van der Waals surface area (Å²) in [5.74, 6) is 0.852. The molecule has 0 aliphatic carbocycles. The van der Waals surface area contributed by atoms with Crippen molar-refractivity contribution in [3.63, 3.8) is 0 Å². The maximum absolute atomic E-state index is 12.1. The van der Waals surface area contributed by atoms with Gasteiger partial charge in [0.2, 0.25) is 0 Å². The largest absolute Gasteiger partial charge is 0.338 e. The number of nitrogens with zero attached hydrogens (tertiary/aromatic N) is 3. The summed E-state index contributed by atoms with van der Waals surface area (Å²) >= 11 is 0. The van der Waals surface area contributed by atoms with E-state index < -0.39 is 0 Å². The summed E-state index contributed by atoms with van der Waals surface area (Å²) in [6.45, 7) is 1.67. The first-order valence-electron chi connectivity index (χ1n) is 9.73.